The molecule has 0 saturated carbocycles. The van der Waals surface area contributed by atoms with Crippen LogP contribution >= 0.6 is 11.6 Å². The van der Waals surface area contributed by atoms with Crippen molar-refractivity contribution in [3.05, 3.63) is 53.3 Å². The predicted octanol–water partition coefficient (Wildman–Crippen LogP) is 2.68. The number of hydrogen-bond acceptors (Lipinski definition) is 4. The molecule has 6 nitrogen and oxygen atoms in total. The molecular formula is C15H12ClFN4O2. The molecule has 23 heavy (non-hydrogen) atoms. The highest BCUT2D eigenvalue weighted by Crippen LogP contribution is 2.17. The van der Waals surface area contributed by atoms with E-state index < -0.39 is 17.8 Å². The van der Waals surface area contributed by atoms with Crippen LogP contribution < -0.4 is 10.2 Å². The number of nitrogens with one attached hydrogen (secondary N) is 1. The largest absolute Gasteiger partial charge is 0.382 e. The molecule has 0 radical (unpaired) electrons. The van der Waals surface area contributed by atoms with Gasteiger partial charge in [0.15, 0.2) is 0 Å². The van der Waals surface area contributed by atoms with Crippen LogP contribution in [0.5, 0.6) is 0 Å². The molecule has 1 aromatic heterocycles. The molecule has 1 heterocycles. The zero-order valence-corrected chi connectivity index (χ0v) is 12.8. The molecule has 0 bridgehead atoms. The Kier molecular flexibility index (Phi) is 4.12. The van der Waals surface area contributed by atoms with Gasteiger partial charge in [0.1, 0.15) is 16.9 Å². The first-order valence-corrected chi connectivity index (χ1v) is 7.16. The fraction of sp³-hybridized carbons (Fsp3) is 0.133. The molecule has 0 aliphatic carbocycles. The van der Waals surface area contributed by atoms with E-state index >= 15 is 0 Å². The zero-order chi connectivity index (χ0) is 16.4. The van der Waals surface area contributed by atoms with Crippen molar-refractivity contribution in [1.82, 2.24) is 15.2 Å². The molecule has 3 aromatic rings. The van der Waals surface area contributed by atoms with E-state index in [0.29, 0.717) is 16.1 Å². The Morgan fingerprint density at radius 1 is 1.35 bits per heavy atom. The van der Waals surface area contributed by atoms with Crippen LogP contribution in [0.15, 0.2) is 42.5 Å². The van der Waals surface area contributed by atoms with E-state index in [-0.39, 0.29) is 5.69 Å². The number of halogens is 2. The van der Waals surface area contributed by atoms with Gasteiger partial charge in [0.25, 0.3) is 5.91 Å². The maximum atomic E-state index is 13.5. The van der Waals surface area contributed by atoms with Crippen LogP contribution in [-0.2, 0) is 4.79 Å². The zero-order valence-electron chi connectivity index (χ0n) is 12.0. The molecule has 1 N–H and O–H groups in total. The van der Waals surface area contributed by atoms with Gasteiger partial charge >= 0.3 is 0 Å². The number of carbonyl (C=O) groups excluding carboxylic acids is 1. The molecule has 1 atom stereocenters. The normalized spacial score (nSPS) is 12.1. The fourth-order valence-corrected chi connectivity index (χ4v) is 2.11. The number of carbonyl (C=O) groups is 1. The first kappa shape index (κ1) is 15.2. The monoisotopic (exact) mass is 334 g/mol. The first-order chi connectivity index (χ1) is 11.0. The van der Waals surface area contributed by atoms with Crippen molar-refractivity contribution >= 4 is 34.2 Å². The second kappa shape index (κ2) is 6.21. The first-order valence-electron chi connectivity index (χ1n) is 6.78. The molecule has 0 saturated heterocycles. The minimum absolute atomic E-state index is 0.0828. The lowest BCUT2D eigenvalue weighted by atomic mass is 10.3. The van der Waals surface area contributed by atoms with Crippen LogP contribution in [-0.4, -0.2) is 27.2 Å². The van der Waals surface area contributed by atoms with Crippen LogP contribution in [0.1, 0.15) is 6.92 Å². The molecule has 0 aliphatic heterocycles. The molecule has 3 rings (SSSR count). The van der Waals surface area contributed by atoms with Gasteiger partial charge in [0, 0.05) is 5.02 Å². The number of anilines is 1. The molecule has 0 unspecified atom stereocenters. The quantitative estimate of drug-likeness (QED) is 0.796. The molecule has 118 valence electrons. The second-order valence-corrected chi connectivity index (χ2v) is 5.25. The van der Waals surface area contributed by atoms with Gasteiger partial charge in [-0.3, -0.25) is 4.79 Å². The van der Waals surface area contributed by atoms with E-state index in [1.54, 1.807) is 24.3 Å². The minimum atomic E-state index is -0.918. The topological polar surface area (TPSA) is 69.0 Å². The summed E-state index contributed by atoms with van der Waals surface area (Å²) < 4.78 is 13.5. The summed E-state index contributed by atoms with van der Waals surface area (Å²) in [5.74, 6) is -1.04. The smallest absolute Gasteiger partial charge is 0.268 e. The van der Waals surface area contributed by atoms with Gasteiger partial charge in [-0.25, -0.2) is 4.39 Å². The van der Waals surface area contributed by atoms with Crippen molar-refractivity contribution in [3.63, 3.8) is 0 Å². The van der Waals surface area contributed by atoms with Gasteiger partial charge in [-0.1, -0.05) is 28.6 Å². The Bertz CT molecular complexity index is 868. The van der Waals surface area contributed by atoms with Crippen molar-refractivity contribution in [2.45, 2.75) is 13.0 Å². The molecular weight excluding hydrogens is 323 g/mol. The lowest BCUT2D eigenvalue weighted by Gasteiger charge is -2.14. The number of fused-ring (bicyclic) bond motifs is 1. The highest BCUT2D eigenvalue weighted by Gasteiger charge is 2.18. The van der Waals surface area contributed by atoms with Crippen LogP contribution in [0.3, 0.4) is 0 Å². The highest BCUT2D eigenvalue weighted by molar-refractivity contribution is 6.31. The van der Waals surface area contributed by atoms with Gasteiger partial charge in [0.05, 0.1) is 5.69 Å². The third-order valence-corrected chi connectivity index (χ3v) is 3.37. The van der Waals surface area contributed by atoms with Crippen molar-refractivity contribution < 1.29 is 14.0 Å². The maximum Gasteiger partial charge on any atom is 0.268 e. The summed E-state index contributed by atoms with van der Waals surface area (Å²) in [6.45, 7) is 1.52. The van der Waals surface area contributed by atoms with Crippen molar-refractivity contribution in [1.29, 1.82) is 0 Å². The van der Waals surface area contributed by atoms with Gasteiger partial charge in [-0.15, -0.1) is 5.10 Å². The third kappa shape index (κ3) is 3.24. The fourth-order valence-electron chi connectivity index (χ4n) is 1.94. The Morgan fingerprint density at radius 2 is 2.13 bits per heavy atom. The van der Waals surface area contributed by atoms with E-state index in [0.717, 1.165) is 4.85 Å². The minimum Gasteiger partial charge on any atom is -0.382 e. The van der Waals surface area contributed by atoms with Crippen LogP contribution in [0.2, 0.25) is 5.02 Å². The SMILES string of the molecule is C[C@H](On1nnc2ccc(Cl)cc21)C(=O)Nc1ccccc1F. The Morgan fingerprint density at radius 3 is 2.91 bits per heavy atom. The summed E-state index contributed by atoms with van der Waals surface area (Å²) in [6, 6.07) is 10.9. The summed E-state index contributed by atoms with van der Waals surface area (Å²) in [5.41, 5.74) is 1.19. The van der Waals surface area contributed by atoms with Gasteiger partial charge in [-0.2, -0.15) is 0 Å². The van der Waals surface area contributed by atoms with Gasteiger partial charge in [0.2, 0.25) is 6.10 Å². The Hall–Kier alpha value is -2.67. The van der Waals surface area contributed by atoms with Crippen molar-refractivity contribution in [2.24, 2.45) is 0 Å². The van der Waals surface area contributed by atoms with Gasteiger partial charge in [-0.05, 0) is 42.5 Å². The summed E-state index contributed by atoms with van der Waals surface area (Å²) >= 11 is 5.93. The average molecular weight is 335 g/mol. The molecule has 8 heteroatoms. The number of aromatic nitrogens is 3. The number of hydrogen-bond donors (Lipinski definition) is 1. The number of nitrogens with zero attached hydrogens (tertiary/aromatic N) is 3. The molecule has 0 fully saturated rings. The molecule has 0 spiro atoms. The lowest BCUT2D eigenvalue weighted by molar-refractivity contribution is -0.127. The van der Waals surface area contributed by atoms with E-state index in [4.69, 9.17) is 16.4 Å². The van der Waals surface area contributed by atoms with E-state index in [2.05, 4.69) is 15.6 Å². The van der Waals surface area contributed by atoms with Crippen molar-refractivity contribution in [3.8, 4) is 0 Å². The third-order valence-electron chi connectivity index (χ3n) is 3.14. The van der Waals surface area contributed by atoms with E-state index in [9.17, 15) is 9.18 Å². The van der Waals surface area contributed by atoms with Crippen LogP contribution in [0.4, 0.5) is 10.1 Å². The maximum absolute atomic E-state index is 13.5. The van der Waals surface area contributed by atoms with Crippen LogP contribution in [0.25, 0.3) is 11.0 Å². The number of amides is 1. The molecule has 2 aromatic carbocycles. The number of para-hydroxylation sites is 1. The summed E-state index contributed by atoms with van der Waals surface area (Å²) in [7, 11) is 0. The second-order valence-electron chi connectivity index (χ2n) is 4.81. The summed E-state index contributed by atoms with van der Waals surface area (Å²) in [6.07, 6.45) is -0.918. The van der Waals surface area contributed by atoms with E-state index in [1.165, 1.54) is 25.1 Å². The molecule has 0 aliphatic rings. The lowest BCUT2D eigenvalue weighted by Crippen LogP contribution is -2.35. The number of rotatable bonds is 4. The van der Waals surface area contributed by atoms with E-state index in [1.807, 2.05) is 0 Å². The van der Waals surface area contributed by atoms with Gasteiger partial charge < -0.3 is 10.2 Å². The number of benzene rings is 2. The standard InChI is InChI=1S/C15H12ClFN4O2/c1-9(15(22)18-12-5-3-2-4-11(12)17)23-21-14-8-10(16)6-7-13(14)19-20-21/h2-9H,1H3,(H,18,22)/t9-/m0/s1. The highest BCUT2D eigenvalue weighted by atomic mass is 35.5. The summed E-state index contributed by atoms with van der Waals surface area (Å²) in [4.78, 5) is 18.7. The predicted molar refractivity (Wildman–Crippen MR) is 83.6 cm³/mol. The summed E-state index contributed by atoms with van der Waals surface area (Å²) in [5, 5.41) is 10.7. The van der Waals surface area contributed by atoms with Crippen LogP contribution in [0, 0.1) is 5.82 Å². The Labute approximate surface area is 135 Å². The average Bonchev–Trinajstić information content (AvgIpc) is 2.91. The Balaban J connectivity index is 1.75. The molecule has 1 amide bonds. The van der Waals surface area contributed by atoms with Crippen molar-refractivity contribution in [2.75, 3.05) is 5.32 Å².